The van der Waals surface area contributed by atoms with Crippen LogP contribution in [-0.4, -0.2) is 34.1 Å². The summed E-state index contributed by atoms with van der Waals surface area (Å²) in [6.45, 7) is 2.10. The standard InChI is InChI=1S/C23H26ClN5S/c24-17-5-3-4-16(14-17)20-21(30-22(29-20)15-8-11-25-12-9-15)19-10-13-26-23(28-19)27-18-6-1-2-7-18/h3-5,10,13-15,18,25H,1-2,6-9,11-12H2,(H,26,27,28). The first-order valence-corrected chi connectivity index (χ1v) is 12.0. The van der Waals surface area contributed by atoms with Gasteiger partial charge in [-0.25, -0.2) is 15.0 Å². The molecule has 1 aliphatic heterocycles. The molecule has 2 aliphatic rings. The van der Waals surface area contributed by atoms with Crippen molar-refractivity contribution >= 4 is 28.9 Å². The molecule has 1 saturated carbocycles. The Hall–Kier alpha value is -2.02. The van der Waals surface area contributed by atoms with E-state index in [9.17, 15) is 0 Å². The predicted octanol–water partition coefficient (Wildman–Crippen LogP) is 5.74. The van der Waals surface area contributed by atoms with Gasteiger partial charge in [-0.3, -0.25) is 0 Å². The van der Waals surface area contributed by atoms with Crippen LogP contribution >= 0.6 is 22.9 Å². The van der Waals surface area contributed by atoms with E-state index in [2.05, 4.69) is 21.7 Å². The summed E-state index contributed by atoms with van der Waals surface area (Å²) in [7, 11) is 0. The molecule has 3 aromatic rings. The number of hydrogen-bond donors (Lipinski definition) is 2. The largest absolute Gasteiger partial charge is 0.351 e. The fourth-order valence-electron chi connectivity index (χ4n) is 4.39. The third kappa shape index (κ3) is 4.36. The van der Waals surface area contributed by atoms with Crippen LogP contribution < -0.4 is 10.6 Å². The van der Waals surface area contributed by atoms with Crippen molar-refractivity contribution in [2.45, 2.75) is 50.5 Å². The number of thiazole rings is 1. The topological polar surface area (TPSA) is 62.7 Å². The van der Waals surface area contributed by atoms with Gasteiger partial charge in [-0.1, -0.05) is 36.6 Å². The van der Waals surface area contributed by atoms with Gasteiger partial charge < -0.3 is 10.6 Å². The lowest BCUT2D eigenvalue weighted by atomic mass is 9.99. The average molecular weight is 440 g/mol. The molecule has 30 heavy (non-hydrogen) atoms. The molecule has 0 atom stereocenters. The molecular weight excluding hydrogens is 414 g/mol. The average Bonchev–Trinajstić information content (AvgIpc) is 3.45. The maximum absolute atomic E-state index is 6.30. The van der Waals surface area contributed by atoms with Crippen LogP contribution in [-0.2, 0) is 0 Å². The molecule has 3 heterocycles. The molecule has 1 aromatic carbocycles. The molecule has 0 bridgehead atoms. The van der Waals surface area contributed by atoms with Crippen molar-refractivity contribution in [2.24, 2.45) is 0 Å². The molecule has 7 heteroatoms. The van der Waals surface area contributed by atoms with Gasteiger partial charge in [0.2, 0.25) is 5.95 Å². The SMILES string of the molecule is Clc1cccc(-c2nc(C3CCNCC3)sc2-c2ccnc(NC3CCCC3)n2)c1. The van der Waals surface area contributed by atoms with Crippen molar-refractivity contribution in [3.8, 4) is 21.8 Å². The third-order valence-electron chi connectivity index (χ3n) is 6.01. The Morgan fingerprint density at radius 3 is 2.67 bits per heavy atom. The monoisotopic (exact) mass is 439 g/mol. The second-order valence-corrected chi connectivity index (χ2v) is 9.62. The van der Waals surface area contributed by atoms with E-state index in [1.54, 1.807) is 11.3 Å². The highest BCUT2D eigenvalue weighted by atomic mass is 35.5. The van der Waals surface area contributed by atoms with E-state index < -0.39 is 0 Å². The summed E-state index contributed by atoms with van der Waals surface area (Å²) in [6, 6.07) is 10.4. The van der Waals surface area contributed by atoms with Crippen molar-refractivity contribution in [2.75, 3.05) is 18.4 Å². The number of halogens is 1. The first kappa shape index (κ1) is 19.9. The van der Waals surface area contributed by atoms with E-state index in [0.29, 0.717) is 17.9 Å². The molecule has 0 radical (unpaired) electrons. The number of nitrogens with one attached hydrogen (secondary N) is 2. The Balaban J connectivity index is 1.53. The number of piperidine rings is 1. The van der Waals surface area contributed by atoms with E-state index in [-0.39, 0.29) is 0 Å². The van der Waals surface area contributed by atoms with Crippen molar-refractivity contribution < 1.29 is 0 Å². The van der Waals surface area contributed by atoms with Crippen molar-refractivity contribution in [1.29, 1.82) is 0 Å². The van der Waals surface area contributed by atoms with E-state index in [1.165, 1.54) is 30.7 Å². The third-order valence-corrected chi connectivity index (χ3v) is 7.48. The zero-order valence-electron chi connectivity index (χ0n) is 16.9. The highest BCUT2D eigenvalue weighted by Crippen LogP contribution is 2.41. The van der Waals surface area contributed by atoms with E-state index in [1.807, 2.05) is 30.5 Å². The molecule has 2 fully saturated rings. The van der Waals surface area contributed by atoms with E-state index in [4.69, 9.17) is 21.6 Å². The zero-order chi connectivity index (χ0) is 20.3. The maximum Gasteiger partial charge on any atom is 0.223 e. The summed E-state index contributed by atoms with van der Waals surface area (Å²) in [6.07, 6.45) is 9.06. The van der Waals surface area contributed by atoms with Crippen LogP contribution in [0.5, 0.6) is 0 Å². The van der Waals surface area contributed by atoms with Crippen molar-refractivity contribution in [3.63, 3.8) is 0 Å². The second kappa shape index (κ2) is 9.00. The second-order valence-electron chi connectivity index (χ2n) is 8.16. The van der Waals surface area contributed by atoms with Crippen molar-refractivity contribution in [3.05, 3.63) is 46.6 Å². The Kier molecular flexibility index (Phi) is 5.97. The molecule has 5 nitrogen and oxygen atoms in total. The first-order chi connectivity index (χ1) is 14.8. The normalized spacial score (nSPS) is 18.0. The minimum Gasteiger partial charge on any atom is -0.351 e. The summed E-state index contributed by atoms with van der Waals surface area (Å²) in [5.74, 6) is 1.22. The summed E-state index contributed by atoms with van der Waals surface area (Å²) in [4.78, 5) is 15.6. The van der Waals surface area contributed by atoms with Crippen LogP contribution in [0.15, 0.2) is 36.5 Å². The highest BCUT2D eigenvalue weighted by molar-refractivity contribution is 7.15. The molecule has 1 saturated heterocycles. The van der Waals surface area contributed by atoms with Gasteiger partial charge in [-0.05, 0) is 57.0 Å². The molecule has 0 spiro atoms. The highest BCUT2D eigenvalue weighted by Gasteiger charge is 2.24. The van der Waals surface area contributed by atoms with Crippen LogP contribution in [0.3, 0.4) is 0 Å². The van der Waals surface area contributed by atoms with E-state index in [0.717, 1.165) is 52.8 Å². The lowest BCUT2D eigenvalue weighted by molar-refractivity contribution is 0.459. The number of hydrogen-bond acceptors (Lipinski definition) is 6. The summed E-state index contributed by atoms with van der Waals surface area (Å²) in [5, 5.41) is 8.89. The van der Waals surface area contributed by atoms with Crippen molar-refractivity contribution in [1.82, 2.24) is 20.3 Å². The van der Waals surface area contributed by atoms with Gasteiger partial charge in [-0.2, -0.15) is 0 Å². The fourth-order valence-corrected chi connectivity index (χ4v) is 5.81. The van der Waals surface area contributed by atoms with Gasteiger partial charge >= 0.3 is 0 Å². The van der Waals surface area contributed by atoms with Gasteiger partial charge in [0.1, 0.15) is 0 Å². The number of rotatable bonds is 5. The van der Waals surface area contributed by atoms with Gasteiger partial charge in [0.15, 0.2) is 0 Å². The van der Waals surface area contributed by atoms with Gasteiger partial charge in [0.25, 0.3) is 0 Å². The predicted molar refractivity (Wildman–Crippen MR) is 124 cm³/mol. The Morgan fingerprint density at radius 2 is 1.87 bits per heavy atom. The maximum atomic E-state index is 6.30. The molecule has 2 N–H and O–H groups in total. The van der Waals surface area contributed by atoms with Crippen LogP contribution in [0.25, 0.3) is 21.8 Å². The fraction of sp³-hybridized carbons (Fsp3) is 0.435. The van der Waals surface area contributed by atoms with E-state index >= 15 is 0 Å². The number of aromatic nitrogens is 3. The molecular formula is C23H26ClN5S. The Bertz CT molecular complexity index is 1010. The van der Waals surface area contributed by atoms with Gasteiger partial charge in [0.05, 0.1) is 21.3 Å². The smallest absolute Gasteiger partial charge is 0.223 e. The van der Waals surface area contributed by atoms with Crippen LogP contribution in [0.4, 0.5) is 5.95 Å². The lowest BCUT2D eigenvalue weighted by Crippen LogP contribution is -2.26. The molecule has 2 aromatic heterocycles. The Labute approximate surface area is 186 Å². The van der Waals surface area contributed by atoms with Crippen LogP contribution in [0.1, 0.15) is 49.5 Å². The van der Waals surface area contributed by atoms with Gasteiger partial charge in [0, 0.05) is 28.7 Å². The summed E-state index contributed by atoms with van der Waals surface area (Å²) >= 11 is 8.07. The minimum absolute atomic E-state index is 0.486. The van der Waals surface area contributed by atoms with Crippen LogP contribution in [0.2, 0.25) is 5.02 Å². The number of benzene rings is 1. The summed E-state index contributed by atoms with van der Waals surface area (Å²) in [5.41, 5.74) is 2.94. The lowest BCUT2D eigenvalue weighted by Gasteiger charge is -2.20. The van der Waals surface area contributed by atoms with Gasteiger partial charge in [-0.15, -0.1) is 11.3 Å². The summed E-state index contributed by atoms with van der Waals surface area (Å²) < 4.78 is 0. The molecule has 156 valence electrons. The molecule has 5 rings (SSSR count). The van der Waals surface area contributed by atoms with Crippen LogP contribution in [0, 0.1) is 0 Å². The molecule has 0 amide bonds. The minimum atomic E-state index is 0.486. The Morgan fingerprint density at radius 1 is 1.03 bits per heavy atom. The molecule has 0 unspecified atom stereocenters. The quantitative estimate of drug-likeness (QED) is 0.530. The molecule has 1 aliphatic carbocycles. The number of anilines is 1. The number of nitrogens with zero attached hydrogens (tertiary/aromatic N) is 3. The zero-order valence-corrected chi connectivity index (χ0v) is 18.5. The first-order valence-electron chi connectivity index (χ1n) is 10.8.